The zero-order valence-electron chi connectivity index (χ0n) is 13.7. The molecule has 2 N–H and O–H groups in total. The van der Waals surface area contributed by atoms with Crippen LogP contribution in [0.3, 0.4) is 0 Å². The van der Waals surface area contributed by atoms with Crippen molar-refractivity contribution < 1.29 is 4.79 Å². The van der Waals surface area contributed by atoms with Gasteiger partial charge in [-0.2, -0.15) is 0 Å². The maximum atomic E-state index is 11.9. The largest absolute Gasteiger partial charge is 0.326 e. The predicted molar refractivity (Wildman–Crippen MR) is 106 cm³/mol. The summed E-state index contributed by atoms with van der Waals surface area (Å²) < 4.78 is 0. The smallest absolute Gasteiger partial charge is 0.228 e. The second kappa shape index (κ2) is 12.1. The van der Waals surface area contributed by atoms with Crippen molar-refractivity contribution in [2.24, 2.45) is 5.92 Å². The van der Waals surface area contributed by atoms with Gasteiger partial charge in [-0.15, -0.1) is 36.6 Å². The molecule has 2 aromatic rings. The molecule has 0 aliphatic heterocycles. The Kier molecular flexibility index (Phi) is 11.5. The first-order valence-corrected chi connectivity index (χ1v) is 8.25. The van der Waals surface area contributed by atoms with Crippen molar-refractivity contribution in [3.8, 4) is 0 Å². The average Bonchev–Trinajstić information content (AvgIpc) is 2.55. The lowest BCUT2D eigenvalue weighted by atomic mass is 10.1. The number of hydrogen-bond donors (Lipinski definition) is 2. The van der Waals surface area contributed by atoms with Gasteiger partial charge in [0.15, 0.2) is 0 Å². The zero-order chi connectivity index (χ0) is 15.8. The highest BCUT2D eigenvalue weighted by Gasteiger charge is 2.11. The molecule has 1 unspecified atom stereocenters. The van der Waals surface area contributed by atoms with Crippen LogP contribution in [0.15, 0.2) is 53.7 Å². The number of carbonyl (C=O) groups excluding carboxylic acids is 1. The van der Waals surface area contributed by atoms with Crippen LogP contribution in [0.25, 0.3) is 0 Å². The van der Waals surface area contributed by atoms with E-state index < -0.39 is 0 Å². The highest BCUT2D eigenvalue weighted by molar-refractivity contribution is 7.98. The Morgan fingerprint density at radius 2 is 1.92 bits per heavy atom. The molecule has 0 fully saturated rings. The fourth-order valence-electron chi connectivity index (χ4n) is 1.95. The van der Waals surface area contributed by atoms with E-state index in [2.05, 4.69) is 21.7 Å². The standard InChI is InChI=1S/C17H21N3OS.2ClH/c1-13(10-18-2)17(21)20-15-5-7-16(8-6-15)22-12-14-4-3-9-19-11-14;;/h3-9,11,13,18H,10,12H2,1-2H3,(H,20,21);2*1H. The van der Waals surface area contributed by atoms with Gasteiger partial charge in [0.25, 0.3) is 0 Å². The minimum absolute atomic E-state index is 0. The van der Waals surface area contributed by atoms with Gasteiger partial charge in [0.1, 0.15) is 0 Å². The van der Waals surface area contributed by atoms with Crippen molar-refractivity contribution in [1.82, 2.24) is 10.3 Å². The molecule has 4 nitrogen and oxygen atoms in total. The summed E-state index contributed by atoms with van der Waals surface area (Å²) in [7, 11) is 1.85. The lowest BCUT2D eigenvalue weighted by molar-refractivity contribution is -0.119. The number of benzene rings is 1. The number of halogens is 2. The Bertz CT molecular complexity index is 597. The molecule has 1 amide bonds. The van der Waals surface area contributed by atoms with Gasteiger partial charge in [-0.3, -0.25) is 9.78 Å². The van der Waals surface area contributed by atoms with Crippen molar-refractivity contribution in [2.75, 3.05) is 18.9 Å². The van der Waals surface area contributed by atoms with Crippen molar-refractivity contribution in [3.05, 3.63) is 54.4 Å². The molecule has 7 heteroatoms. The first-order chi connectivity index (χ1) is 10.7. The highest BCUT2D eigenvalue weighted by Crippen LogP contribution is 2.24. The molecular weight excluding hydrogens is 365 g/mol. The summed E-state index contributed by atoms with van der Waals surface area (Å²) in [6.45, 7) is 2.58. The molecule has 1 atom stereocenters. The van der Waals surface area contributed by atoms with Crippen LogP contribution in [0, 0.1) is 5.92 Å². The lowest BCUT2D eigenvalue weighted by Gasteiger charge is -2.11. The number of rotatable bonds is 7. The SMILES string of the molecule is CNCC(C)C(=O)Nc1ccc(SCc2cccnc2)cc1.Cl.Cl. The van der Waals surface area contributed by atoms with Crippen LogP contribution in [0.1, 0.15) is 12.5 Å². The van der Waals surface area contributed by atoms with Crippen LogP contribution in [0.5, 0.6) is 0 Å². The number of aromatic nitrogens is 1. The molecule has 0 spiro atoms. The summed E-state index contributed by atoms with van der Waals surface area (Å²) in [4.78, 5) is 17.2. The van der Waals surface area contributed by atoms with Gasteiger partial charge in [-0.25, -0.2) is 0 Å². The normalized spacial score (nSPS) is 10.9. The molecule has 0 aliphatic carbocycles. The van der Waals surface area contributed by atoms with Crippen LogP contribution in [-0.2, 0) is 10.5 Å². The molecule has 1 aromatic heterocycles. The quantitative estimate of drug-likeness (QED) is 0.704. The first-order valence-electron chi connectivity index (χ1n) is 7.26. The average molecular weight is 388 g/mol. The van der Waals surface area contributed by atoms with E-state index in [-0.39, 0.29) is 36.6 Å². The highest BCUT2D eigenvalue weighted by atomic mass is 35.5. The van der Waals surface area contributed by atoms with Gasteiger partial charge in [0, 0.05) is 41.2 Å². The molecular formula is C17H23Cl2N3OS. The van der Waals surface area contributed by atoms with Crippen molar-refractivity contribution in [1.29, 1.82) is 0 Å². The molecule has 24 heavy (non-hydrogen) atoms. The number of anilines is 1. The van der Waals surface area contributed by atoms with Gasteiger partial charge >= 0.3 is 0 Å². The molecule has 1 heterocycles. The van der Waals surface area contributed by atoms with Crippen molar-refractivity contribution in [2.45, 2.75) is 17.6 Å². The van der Waals surface area contributed by atoms with E-state index in [9.17, 15) is 4.79 Å². The van der Waals surface area contributed by atoms with E-state index in [0.29, 0.717) is 6.54 Å². The fourth-order valence-corrected chi connectivity index (χ4v) is 2.78. The summed E-state index contributed by atoms with van der Waals surface area (Å²) >= 11 is 1.75. The number of pyridine rings is 1. The molecule has 2 rings (SSSR count). The Hall–Kier alpha value is -1.27. The second-order valence-corrected chi connectivity index (χ2v) is 6.17. The number of nitrogens with zero attached hydrogens (tertiary/aromatic N) is 1. The summed E-state index contributed by atoms with van der Waals surface area (Å²) in [5, 5.41) is 5.94. The topological polar surface area (TPSA) is 54.0 Å². The van der Waals surface area contributed by atoms with Gasteiger partial charge in [-0.1, -0.05) is 13.0 Å². The maximum absolute atomic E-state index is 11.9. The molecule has 1 aromatic carbocycles. The summed E-state index contributed by atoms with van der Waals surface area (Å²) in [5.74, 6) is 0.869. The van der Waals surface area contributed by atoms with Gasteiger partial charge in [-0.05, 0) is 42.9 Å². The van der Waals surface area contributed by atoms with Crippen LogP contribution in [-0.4, -0.2) is 24.5 Å². The van der Waals surface area contributed by atoms with E-state index >= 15 is 0 Å². The Morgan fingerprint density at radius 1 is 1.21 bits per heavy atom. The van der Waals surface area contributed by atoms with E-state index in [0.717, 1.165) is 11.4 Å². The third kappa shape index (κ3) is 7.53. The molecule has 0 bridgehead atoms. The van der Waals surface area contributed by atoms with Crippen LogP contribution < -0.4 is 10.6 Å². The van der Waals surface area contributed by atoms with E-state index in [1.807, 2.05) is 50.5 Å². The minimum atomic E-state index is -0.0513. The lowest BCUT2D eigenvalue weighted by Crippen LogP contribution is -2.28. The predicted octanol–water partition coefficient (Wildman–Crippen LogP) is 4.01. The van der Waals surface area contributed by atoms with Gasteiger partial charge < -0.3 is 10.6 Å². The van der Waals surface area contributed by atoms with E-state index in [1.165, 1.54) is 10.5 Å². The summed E-state index contributed by atoms with van der Waals surface area (Å²) in [5.41, 5.74) is 2.03. The third-order valence-electron chi connectivity index (χ3n) is 3.21. The number of nitrogens with one attached hydrogen (secondary N) is 2. The molecule has 132 valence electrons. The monoisotopic (exact) mass is 387 g/mol. The Labute approximate surface area is 160 Å². The van der Waals surface area contributed by atoms with Crippen molar-refractivity contribution in [3.63, 3.8) is 0 Å². The Balaban J connectivity index is 0.00000264. The second-order valence-electron chi connectivity index (χ2n) is 5.12. The molecule has 0 aliphatic rings. The maximum Gasteiger partial charge on any atom is 0.228 e. The van der Waals surface area contributed by atoms with Crippen LogP contribution in [0.4, 0.5) is 5.69 Å². The number of amides is 1. The molecule has 0 saturated heterocycles. The van der Waals surface area contributed by atoms with Crippen LogP contribution in [0.2, 0.25) is 0 Å². The minimum Gasteiger partial charge on any atom is -0.326 e. The van der Waals surface area contributed by atoms with E-state index in [1.54, 1.807) is 18.0 Å². The fraction of sp³-hybridized carbons (Fsp3) is 0.294. The van der Waals surface area contributed by atoms with Gasteiger partial charge in [0.2, 0.25) is 5.91 Å². The first kappa shape index (κ1) is 22.7. The number of thioether (sulfide) groups is 1. The molecule has 0 radical (unpaired) electrons. The third-order valence-corrected chi connectivity index (χ3v) is 4.29. The van der Waals surface area contributed by atoms with Crippen molar-refractivity contribution >= 4 is 48.2 Å². The summed E-state index contributed by atoms with van der Waals surface area (Å²) in [6.07, 6.45) is 3.66. The number of carbonyl (C=O) groups is 1. The van der Waals surface area contributed by atoms with Gasteiger partial charge in [0.05, 0.1) is 0 Å². The zero-order valence-corrected chi connectivity index (χ0v) is 16.1. The molecule has 0 saturated carbocycles. The van der Waals surface area contributed by atoms with E-state index in [4.69, 9.17) is 0 Å². The number of hydrogen-bond acceptors (Lipinski definition) is 4. The summed E-state index contributed by atoms with van der Waals surface area (Å²) in [6, 6.07) is 11.9. The van der Waals surface area contributed by atoms with Crippen LogP contribution >= 0.6 is 36.6 Å². The Morgan fingerprint density at radius 3 is 2.50 bits per heavy atom.